The number of aryl methyl sites for hydroxylation is 1. The Hall–Kier alpha value is -0.360. The van der Waals surface area contributed by atoms with Gasteiger partial charge >= 0.3 is 0 Å². The molecule has 0 saturated heterocycles. The van der Waals surface area contributed by atoms with E-state index in [1.807, 2.05) is 5.38 Å². The Kier molecular flexibility index (Phi) is 9.38. The van der Waals surface area contributed by atoms with Crippen LogP contribution in [-0.2, 0) is 17.6 Å². The van der Waals surface area contributed by atoms with Gasteiger partial charge in [0, 0.05) is 17.5 Å². The van der Waals surface area contributed by atoms with Crippen molar-refractivity contribution < 1.29 is 4.79 Å². The van der Waals surface area contributed by atoms with Crippen LogP contribution in [0, 0.1) is 0 Å². The van der Waals surface area contributed by atoms with E-state index in [1.54, 1.807) is 11.3 Å². The van der Waals surface area contributed by atoms with Gasteiger partial charge in [0.25, 0.3) is 0 Å². The number of aromatic nitrogens is 1. The summed E-state index contributed by atoms with van der Waals surface area (Å²) in [7, 11) is 0. The van der Waals surface area contributed by atoms with Crippen molar-refractivity contribution in [2.24, 2.45) is 5.73 Å². The van der Waals surface area contributed by atoms with Crippen molar-refractivity contribution in [2.75, 3.05) is 0 Å². The van der Waals surface area contributed by atoms with Gasteiger partial charge in [-0.05, 0) is 32.1 Å². The smallest absolute Gasteiger partial charge is 0.226 e. The third-order valence-electron chi connectivity index (χ3n) is 3.38. The molecule has 20 heavy (non-hydrogen) atoms. The van der Waals surface area contributed by atoms with E-state index in [0.29, 0.717) is 18.5 Å². The molecule has 1 heterocycles. The van der Waals surface area contributed by atoms with Crippen LogP contribution in [0.25, 0.3) is 0 Å². The Morgan fingerprint density at radius 3 is 2.60 bits per heavy atom. The molecule has 1 fully saturated rings. The van der Waals surface area contributed by atoms with Gasteiger partial charge in [-0.1, -0.05) is 6.92 Å². The number of hydrogen-bond acceptors (Lipinski definition) is 4. The SMILES string of the molecule is CCc1nc(CC(=O)NC2CCC(N)CC2)cs1.Cl.Cl. The average molecular weight is 340 g/mol. The molecule has 1 saturated carbocycles. The zero-order chi connectivity index (χ0) is 13.0. The highest BCUT2D eigenvalue weighted by Gasteiger charge is 2.20. The van der Waals surface area contributed by atoms with Crippen LogP contribution in [-0.4, -0.2) is 23.0 Å². The lowest BCUT2D eigenvalue weighted by Gasteiger charge is -2.26. The summed E-state index contributed by atoms with van der Waals surface area (Å²) < 4.78 is 0. The lowest BCUT2D eigenvalue weighted by molar-refractivity contribution is -0.121. The predicted molar refractivity (Wildman–Crippen MR) is 88.1 cm³/mol. The fourth-order valence-corrected chi connectivity index (χ4v) is 3.04. The molecule has 116 valence electrons. The van der Waals surface area contributed by atoms with E-state index in [9.17, 15) is 4.79 Å². The second-order valence-electron chi connectivity index (χ2n) is 4.94. The van der Waals surface area contributed by atoms with E-state index in [4.69, 9.17) is 5.73 Å². The van der Waals surface area contributed by atoms with Gasteiger partial charge in [0.1, 0.15) is 0 Å². The zero-order valence-electron chi connectivity index (χ0n) is 11.6. The average Bonchev–Trinajstić information content (AvgIpc) is 2.79. The number of hydrogen-bond donors (Lipinski definition) is 2. The van der Waals surface area contributed by atoms with Gasteiger partial charge in [-0.2, -0.15) is 0 Å². The highest BCUT2D eigenvalue weighted by Crippen LogP contribution is 2.17. The molecule has 4 nitrogen and oxygen atoms in total. The van der Waals surface area contributed by atoms with Crippen molar-refractivity contribution in [1.82, 2.24) is 10.3 Å². The van der Waals surface area contributed by atoms with E-state index in [2.05, 4.69) is 17.2 Å². The monoisotopic (exact) mass is 339 g/mol. The van der Waals surface area contributed by atoms with Crippen molar-refractivity contribution in [3.8, 4) is 0 Å². The van der Waals surface area contributed by atoms with Gasteiger partial charge in [-0.15, -0.1) is 36.2 Å². The van der Waals surface area contributed by atoms with Crippen molar-refractivity contribution in [3.05, 3.63) is 16.1 Å². The summed E-state index contributed by atoms with van der Waals surface area (Å²) in [6.45, 7) is 2.08. The standard InChI is InChI=1S/C13H21N3OS.2ClH/c1-2-13-16-11(8-18-13)7-12(17)15-10-5-3-9(14)4-6-10;;/h8-10H,2-7,14H2,1H3,(H,15,17);2*1H. The molecule has 0 unspecified atom stereocenters. The summed E-state index contributed by atoms with van der Waals surface area (Å²) in [5.41, 5.74) is 6.74. The summed E-state index contributed by atoms with van der Waals surface area (Å²) in [5, 5.41) is 6.17. The van der Waals surface area contributed by atoms with Gasteiger partial charge in [-0.25, -0.2) is 4.98 Å². The van der Waals surface area contributed by atoms with Crippen molar-refractivity contribution >= 4 is 42.1 Å². The molecule has 0 aliphatic heterocycles. The van der Waals surface area contributed by atoms with Gasteiger partial charge in [0.05, 0.1) is 17.1 Å². The van der Waals surface area contributed by atoms with Crippen molar-refractivity contribution in [3.63, 3.8) is 0 Å². The van der Waals surface area contributed by atoms with Crippen LogP contribution in [0.4, 0.5) is 0 Å². The van der Waals surface area contributed by atoms with E-state index in [0.717, 1.165) is 42.8 Å². The molecule has 0 aromatic carbocycles. The highest BCUT2D eigenvalue weighted by atomic mass is 35.5. The zero-order valence-corrected chi connectivity index (χ0v) is 14.1. The number of nitrogens with two attached hydrogens (primary N) is 1. The molecule has 1 aliphatic rings. The summed E-state index contributed by atoms with van der Waals surface area (Å²) in [6.07, 6.45) is 5.38. The van der Waals surface area contributed by atoms with Gasteiger partial charge < -0.3 is 11.1 Å². The fraction of sp³-hybridized carbons (Fsp3) is 0.692. The van der Waals surface area contributed by atoms with Crippen LogP contribution in [0.15, 0.2) is 5.38 Å². The Morgan fingerprint density at radius 2 is 2.05 bits per heavy atom. The molecule has 3 N–H and O–H groups in total. The first-order chi connectivity index (χ1) is 8.67. The molecular weight excluding hydrogens is 317 g/mol. The lowest BCUT2D eigenvalue weighted by atomic mass is 9.92. The summed E-state index contributed by atoms with van der Waals surface area (Å²) >= 11 is 1.63. The first-order valence-electron chi connectivity index (χ1n) is 6.65. The molecule has 1 aromatic heterocycles. The van der Waals surface area contributed by atoms with E-state index >= 15 is 0 Å². The molecule has 1 aliphatic carbocycles. The van der Waals surface area contributed by atoms with Gasteiger partial charge in [0.15, 0.2) is 0 Å². The van der Waals surface area contributed by atoms with Crippen LogP contribution >= 0.6 is 36.2 Å². The third-order valence-corrected chi connectivity index (χ3v) is 4.42. The Bertz CT molecular complexity index is 406. The largest absolute Gasteiger partial charge is 0.353 e. The molecule has 2 rings (SSSR count). The molecule has 0 spiro atoms. The third kappa shape index (κ3) is 5.95. The summed E-state index contributed by atoms with van der Waals surface area (Å²) in [6, 6.07) is 0.630. The molecule has 1 aromatic rings. The maximum Gasteiger partial charge on any atom is 0.226 e. The predicted octanol–water partition coefficient (Wildman–Crippen LogP) is 2.48. The molecule has 0 atom stereocenters. The number of halogens is 2. The number of rotatable bonds is 4. The Morgan fingerprint density at radius 1 is 1.40 bits per heavy atom. The molecule has 0 bridgehead atoms. The minimum Gasteiger partial charge on any atom is -0.353 e. The molecule has 1 amide bonds. The number of nitrogens with one attached hydrogen (secondary N) is 1. The van der Waals surface area contributed by atoms with E-state index in [-0.39, 0.29) is 30.7 Å². The van der Waals surface area contributed by atoms with Crippen molar-refractivity contribution in [1.29, 1.82) is 0 Å². The molecule has 0 radical (unpaired) electrons. The highest BCUT2D eigenvalue weighted by molar-refractivity contribution is 7.09. The quantitative estimate of drug-likeness (QED) is 0.885. The fourth-order valence-electron chi connectivity index (χ4n) is 2.30. The number of nitrogens with zero attached hydrogens (tertiary/aromatic N) is 1. The molecule has 7 heteroatoms. The van der Waals surface area contributed by atoms with Crippen LogP contribution in [0.1, 0.15) is 43.3 Å². The normalized spacial score (nSPS) is 21.5. The van der Waals surface area contributed by atoms with Crippen LogP contribution < -0.4 is 11.1 Å². The first kappa shape index (κ1) is 19.6. The first-order valence-corrected chi connectivity index (χ1v) is 7.53. The second-order valence-corrected chi connectivity index (χ2v) is 5.88. The Balaban J connectivity index is 0.00000180. The van der Waals surface area contributed by atoms with Gasteiger partial charge in [-0.3, -0.25) is 4.79 Å². The van der Waals surface area contributed by atoms with E-state index < -0.39 is 0 Å². The number of carbonyl (C=O) groups is 1. The topological polar surface area (TPSA) is 68.0 Å². The number of thiazole rings is 1. The number of carbonyl (C=O) groups excluding carboxylic acids is 1. The lowest BCUT2D eigenvalue weighted by Crippen LogP contribution is -2.41. The van der Waals surface area contributed by atoms with Crippen molar-refractivity contribution in [2.45, 2.75) is 57.5 Å². The number of amides is 1. The van der Waals surface area contributed by atoms with Crippen LogP contribution in [0.5, 0.6) is 0 Å². The maximum absolute atomic E-state index is 11.9. The van der Waals surface area contributed by atoms with Crippen LogP contribution in [0.2, 0.25) is 0 Å². The van der Waals surface area contributed by atoms with Gasteiger partial charge in [0.2, 0.25) is 5.91 Å². The Labute approximate surface area is 136 Å². The minimum absolute atomic E-state index is 0. The molecular formula is C13H23Cl2N3OS. The van der Waals surface area contributed by atoms with Crippen LogP contribution in [0.3, 0.4) is 0 Å². The maximum atomic E-state index is 11.9. The summed E-state index contributed by atoms with van der Waals surface area (Å²) in [4.78, 5) is 16.3. The van der Waals surface area contributed by atoms with E-state index in [1.165, 1.54) is 0 Å². The summed E-state index contributed by atoms with van der Waals surface area (Å²) in [5.74, 6) is 0.0865. The second kappa shape index (κ2) is 9.55. The minimum atomic E-state index is 0.